The third kappa shape index (κ3) is 3.85. The third-order valence-electron chi connectivity index (χ3n) is 9.25. The zero-order chi connectivity index (χ0) is 29.0. The largest absolute Gasteiger partial charge is 0.0622 e. The number of fused-ring (bicyclic) bond motifs is 9. The lowest BCUT2D eigenvalue weighted by Gasteiger charge is -2.17. The average Bonchev–Trinajstić information content (AvgIpc) is 3.11. The number of hydrogen-bond acceptors (Lipinski definition) is 0. The first-order chi connectivity index (χ1) is 21.8. The van der Waals surface area contributed by atoms with Crippen molar-refractivity contribution in [2.45, 2.75) is 0 Å². The molecule has 0 saturated heterocycles. The lowest BCUT2D eigenvalue weighted by Crippen LogP contribution is -1.90. The van der Waals surface area contributed by atoms with E-state index in [0.29, 0.717) is 0 Å². The van der Waals surface area contributed by atoms with Gasteiger partial charge < -0.3 is 0 Å². The minimum absolute atomic E-state index is 1.23. The summed E-state index contributed by atoms with van der Waals surface area (Å²) in [6.07, 6.45) is 0. The van der Waals surface area contributed by atoms with Gasteiger partial charge in [0.2, 0.25) is 0 Å². The molecule has 0 aromatic heterocycles. The average molecular weight is 557 g/mol. The summed E-state index contributed by atoms with van der Waals surface area (Å²) < 4.78 is 0. The summed E-state index contributed by atoms with van der Waals surface area (Å²) in [4.78, 5) is 0. The van der Waals surface area contributed by atoms with E-state index in [1.165, 1.54) is 87.2 Å². The maximum atomic E-state index is 2.44. The van der Waals surface area contributed by atoms with E-state index in [2.05, 4.69) is 170 Å². The molecule has 9 aromatic carbocycles. The van der Waals surface area contributed by atoms with Gasteiger partial charge in [-0.05, 0) is 99.4 Å². The molecule has 0 heterocycles. The van der Waals surface area contributed by atoms with E-state index >= 15 is 0 Å². The Bertz CT molecular complexity index is 2510. The first kappa shape index (κ1) is 24.8. The van der Waals surface area contributed by atoms with Gasteiger partial charge in [-0.15, -0.1) is 0 Å². The van der Waals surface area contributed by atoms with Gasteiger partial charge in [0, 0.05) is 0 Å². The molecule has 9 rings (SSSR count). The molecule has 0 heteroatoms. The predicted molar refractivity (Wildman–Crippen MR) is 190 cm³/mol. The van der Waals surface area contributed by atoms with Crippen molar-refractivity contribution in [3.63, 3.8) is 0 Å². The molecule has 204 valence electrons. The second kappa shape index (κ2) is 9.93. The zero-order valence-corrected chi connectivity index (χ0v) is 24.2. The van der Waals surface area contributed by atoms with Gasteiger partial charge in [-0.1, -0.05) is 158 Å². The highest BCUT2D eigenvalue weighted by atomic mass is 14.2. The van der Waals surface area contributed by atoms with Crippen molar-refractivity contribution in [1.82, 2.24) is 0 Å². The Labute approximate surface area is 256 Å². The molecule has 44 heavy (non-hydrogen) atoms. The first-order valence-corrected chi connectivity index (χ1v) is 15.3. The van der Waals surface area contributed by atoms with Crippen LogP contribution in [0.1, 0.15) is 0 Å². The normalized spacial score (nSPS) is 11.6. The molecule has 0 unspecified atom stereocenters. The van der Waals surface area contributed by atoms with Crippen molar-refractivity contribution in [2.24, 2.45) is 0 Å². The van der Waals surface area contributed by atoms with Crippen LogP contribution in [0.15, 0.2) is 170 Å². The van der Waals surface area contributed by atoms with Crippen LogP contribution in [0.2, 0.25) is 0 Å². The van der Waals surface area contributed by atoms with Gasteiger partial charge in [-0.2, -0.15) is 0 Å². The Hall–Kier alpha value is -5.72. The standard InChI is InChI=1S/C44H28/c1-2-11-29(12-3-1)30-21-23-31(24-22-30)33-25-26-40-41(27-33)36-16-6-7-17-37(36)43-28-42(38-18-8-9-19-39(38)44(40)43)35-20-10-14-32-13-4-5-15-34(32)35/h1-28H. The molecule has 0 fully saturated rings. The van der Waals surface area contributed by atoms with Crippen LogP contribution in [0.25, 0.3) is 87.2 Å². The van der Waals surface area contributed by atoms with Gasteiger partial charge in [0.25, 0.3) is 0 Å². The van der Waals surface area contributed by atoms with Crippen molar-refractivity contribution in [1.29, 1.82) is 0 Å². The molecule has 9 aromatic rings. The molecular weight excluding hydrogens is 528 g/mol. The SMILES string of the molecule is c1ccc(-c2ccc(-c3ccc4c(c3)c3ccccc3c3cc(-c5cccc6ccccc56)c5ccccc5c43)cc2)cc1. The van der Waals surface area contributed by atoms with Crippen LogP contribution in [0, 0.1) is 0 Å². The Morgan fingerprint density at radius 1 is 0.227 bits per heavy atom. The van der Waals surface area contributed by atoms with Gasteiger partial charge in [-0.25, -0.2) is 0 Å². The van der Waals surface area contributed by atoms with Gasteiger partial charge >= 0.3 is 0 Å². The van der Waals surface area contributed by atoms with Crippen LogP contribution < -0.4 is 0 Å². The number of benzene rings is 9. The quantitative estimate of drug-likeness (QED) is 0.190. The van der Waals surface area contributed by atoms with Crippen molar-refractivity contribution < 1.29 is 0 Å². The second-order valence-corrected chi connectivity index (χ2v) is 11.7. The van der Waals surface area contributed by atoms with Crippen LogP contribution in [0.5, 0.6) is 0 Å². The molecule has 0 saturated carbocycles. The highest BCUT2D eigenvalue weighted by Crippen LogP contribution is 2.44. The fraction of sp³-hybridized carbons (Fsp3) is 0. The molecule has 0 N–H and O–H groups in total. The smallest absolute Gasteiger partial charge is 0.00199 e. The van der Waals surface area contributed by atoms with Gasteiger partial charge in [0.1, 0.15) is 0 Å². The van der Waals surface area contributed by atoms with E-state index in [9.17, 15) is 0 Å². The minimum atomic E-state index is 1.23. The van der Waals surface area contributed by atoms with Crippen LogP contribution in [-0.4, -0.2) is 0 Å². The Balaban J connectivity index is 1.32. The van der Waals surface area contributed by atoms with Crippen LogP contribution in [0.4, 0.5) is 0 Å². The number of hydrogen-bond donors (Lipinski definition) is 0. The molecular formula is C44H28. The monoisotopic (exact) mass is 556 g/mol. The lowest BCUT2D eigenvalue weighted by molar-refractivity contribution is 1.60. The lowest BCUT2D eigenvalue weighted by atomic mass is 9.86. The van der Waals surface area contributed by atoms with E-state index in [1.807, 2.05) is 0 Å². The molecule has 0 radical (unpaired) electrons. The fourth-order valence-corrected chi connectivity index (χ4v) is 7.16. The van der Waals surface area contributed by atoms with E-state index < -0.39 is 0 Å². The molecule has 0 nitrogen and oxygen atoms in total. The summed E-state index contributed by atoms with van der Waals surface area (Å²) in [6.45, 7) is 0. The first-order valence-electron chi connectivity index (χ1n) is 15.3. The molecule has 0 bridgehead atoms. The molecule has 0 aliphatic heterocycles. The maximum Gasteiger partial charge on any atom is -0.00199 e. The van der Waals surface area contributed by atoms with Crippen molar-refractivity contribution in [2.75, 3.05) is 0 Å². The van der Waals surface area contributed by atoms with Crippen molar-refractivity contribution in [3.05, 3.63) is 170 Å². The molecule has 0 amide bonds. The Morgan fingerprint density at radius 2 is 0.750 bits per heavy atom. The second-order valence-electron chi connectivity index (χ2n) is 11.7. The summed E-state index contributed by atoms with van der Waals surface area (Å²) >= 11 is 0. The highest BCUT2D eigenvalue weighted by molar-refractivity contribution is 6.33. The summed E-state index contributed by atoms with van der Waals surface area (Å²) in [5.41, 5.74) is 7.50. The summed E-state index contributed by atoms with van der Waals surface area (Å²) in [7, 11) is 0. The van der Waals surface area contributed by atoms with Crippen LogP contribution in [0.3, 0.4) is 0 Å². The van der Waals surface area contributed by atoms with Crippen molar-refractivity contribution in [3.8, 4) is 33.4 Å². The van der Waals surface area contributed by atoms with Crippen LogP contribution in [-0.2, 0) is 0 Å². The van der Waals surface area contributed by atoms with E-state index in [0.717, 1.165) is 0 Å². The minimum Gasteiger partial charge on any atom is -0.0622 e. The summed E-state index contributed by atoms with van der Waals surface area (Å²) in [5, 5.41) is 12.9. The Morgan fingerprint density at radius 3 is 1.52 bits per heavy atom. The van der Waals surface area contributed by atoms with E-state index in [1.54, 1.807) is 0 Å². The third-order valence-corrected chi connectivity index (χ3v) is 9.25. The van der Waals surface area contributed by atoms with Gasteiger partial charge in [0.05, 0.1) is 0 Å². The summed E-state index contributed by atoms with van der Waals surface area (Å²) in [6, 6.07) is 62.2. The highest BCUT2D eigenvalue weighted by Gasteiger charge is 2.16. The number of rotatable bonds is 3. The topological polar surface area (TPSA) is 0 Å². The predicted octanol–water partition coefficient (Wildman–Crippen LogP) is 12.5. The molecule has 0 aliphatic carbocycles. The maximum absolute atomic E-state index is 2.44. The molecule has 0 atom stereocenters. The van der Waals surface area contributed by atoms with Crippen LogP contribution >= 0.6 is 0 Å². The molecule has 0 aliphatic rings. The van der Waals surface area contributed by atoms with Gasteiger partial charge in [0.15, 0.2) is 0 Å². The Kier molecular flexibility index (Phi) is 5.61. The fourth-order valence-electron chi connectivity index (χ4n) is 7.16. The van der Waals surface area contributed by atoms with E-state index in [-0.39, 0.29) is 0 Å². The van der Waals surface area contributed by atoms with E-state index in [4.69, 9.17) is 0 Å². The van der Waals surface area contributed by atoms with Gasteiger partial charge in [-0.3, -0.25) is 0 Å². The summed E-state index contributed by atoms with van der Waals surface area (Å²) in [5.74, 6) is 0. The molecule has 0 spiro atoms. The zero-order valence-electron chi connectivity index (χ0n) is 24.2. The van der Waals surface area contributed by atoms with Crippen molar-refractivity contribution >= 4 is 53.9 Å².